The summed E-state index contributed by atoms with van der Waals surface area (Å²) in [6, 6.07) is 5.49. The number of aryl methyl sites for hydroxylation is 1. The molecular formula is C17H18FN3O3. The van der Waals surface area contributed by atoms with Crippen LogP contribution in [0.3, 0.4) is 0 Å². The molecule has 0 unspecified atom stereocenters. The normalized spacial score (nSPS) is 20.6. The second-order valence-corrected chi connectivity index (χ2v) is 5.95. The number of hydrogen-bond acceptors (Lipinski definition) is 3. The van der Waals surface area contributed by atoms with Gasteiger partial charge in [0.15, 0.2) is 0 Å². The molecule has 2 atom stereocenters. The maximum atomic E-state index is 13.0. The zero-order chi connectivity index (χ0) is 17.3. The largest absolute Gasteiger partial charge is 0.481 e. The lowest BCUT2D eigenvalue weighted by Crippen LogP contribution is -2.34. The Bertz CT molecular complexity index is 757. The minimum Gasteiger partial charge on any atom is -0.481 e. The molecular weight excluding hydrogens is 313 g/mol. The number of benzene rings is 1. The first-order valence-corrected chi connectivity index (χ1v) is 7.71. The van der Waals surface area contributed by atoms with Gasteiger partial charge in [-0.25, -0.2) is 9.37 Å². The Hall–Kier alpha value is -2.70. The van der Waals surface area contributed by atoms with E-state index >= 15 is 0 Å². The maximum Gasteiger partial charge on any atom is 0.309 e. The van der Waals surface area contributed by atoms with Gasteiger partial charge >= 0.3 is 5.97 Å². The highest BCUT2D eigenvalue weighted by atomic mass is 19.1. The SMILES string of the molecule is Cn1ccnc1[C@H]1[C@H](C(=O)O)CC(=O)N1CCc1ccc(F)cc1. The lowest BCUT2D eigenvalue weighted by molar-refractivity contribution is -0.142. The third-order valence-corrected chi connectivity index (χ3v) is 4.43. The molecule has 1 aromatic heterocycles. The Morgan fingerprint density at radius 2 is 2.08 bits per heavy atom. The number of halogens is 1. The van der Waals surface area contributed by atoms with Crippen molar-refractivity contribution >= 4 is 11.9 Å². The number of hydrogen-bond donors (Lipinski definition) is 1. The predicted octanol–water partition coefficient (Wildman–Crippen LogP) is 1.78. The molecule has 7 heteroatoms. The maximum absolute atomic E-state index is 13.0. The van der Waals surface area contributed by atoms with E-state index in [1.165, 1.54) is 12.1 Å². The van der Waals surface area contributed by atoms with Crippen LogP contribution < -0.4 is 0 Å². The summed E-state index contributed by atoms with van der Waals surface area (Å²) in [6.07, 6.45) is 3.82. The van der Waals surface area contributed by atoms with Gasteiger partial charge in [0.2, 0.25) is 5.91 Å². The molecule has 2 aromatic rings. The van der Waals surface area contributed by atoms with Gasteiger partial charge in [-0.15, -0.1) is 0 Å². The van der Waals surface area contributed by atoms with Crippen LogP contribution in [0.5, 0.6) is 0 Å². The summed E-state index contributed by atoms with van der Waals surface area (Å²) in [6.45, 7) is 0.367. The number of imidazole rings is 1. The van der Waals surface area contributed by atoms with E-state index < -0.39 is 17.9 Å². The molecule has 1 N–H and O–H groups in total. The summed E-state index contributed by atoms with van der Waals surface area (Å²) in [5.41, 5.74) is 0.890. The molecule has 0 radical (unpaired) electrons. The molecule has 0 aliphatic carbocycles. The van der Waals surface area contributed by atoms with Crippen molar-refractivity contribution in [2.45, 2.75) is 18.9 Å². The van der Waals surface area contributed by atoms with Crippen LogP contribution in [0.25, 0.3) is 0 Å². The molecule has 1 fully saturated rings. The highest BCUT2D eigenvalue weighted by Gasteiger charge is 2.46. The number of aliphatic carboxylic acids is 1. The van der Waals surface area contributed by atoms with Crippen molar-refractivity contribution in [1.82, 2.24) is 14.5 Å². The Kier molecular flexibility index (Phi) is 4.33. The lowest BCUT2D eigenvalue weighted by Gasteiger charge is -2.26. The van der Waals surface area contributed by atoms with Gasteiger partial charge in [0.25, 0.3) is 0 Å². The van der Waals surface area contributed by atoms with Crippen molar-refractivity contribution in [3.63, 3.8) is 0 Å². The molecule has 0 saturated carbocycles. The Morgan fingerprint density at radius 3 is 2.67 bits per heavy atom. The van der Waals surface area contributed by atoms with Crippen LogP contribution in [0.1, 0.15) is 23.9 Å². The average molecular weight is 331 g/mol. The topological polar surface area (TPSA) is 75.4 Å². The van der Waals surface area contributed by atoms with Crippen LogP contribution in [-0.4, -0.2) is 38.0 Å². The van der Waals surface area contributed by atoms with Crippen molar-refractivity contribution in [3.05, 3.63) is 53.9 Å². The zero-order valence-electron chi connectivity index (χ0n) is 13.2. The van der Waals surface area contributed by atoms with E-state index in [9.17, 15) is 19.1 Å². The average Bonchev–Trinajstić information content (AvgIpc) is 3.10. The standard InChI is InChI=1S/C17H18FN3O3/c1-20-9-7-19-16(20)15-13(17(23)24)10-14(22)21(15)8-6-11-2-4-12(18)5-3-11/h2-5,7,9,13,15H,6,8,10H2,1H3,(H,23,24)/t13-,15-/m1/s1. The Balaban J connectivity index is 1.83. The zero-order valence-corrected chi connectivity index (χ0v) is 13.2. The van der Waals surface area contributed by atoms with Gasteiger partial charge in [-0.2, -0.15) is 0 Å². The van der Waals surface area contributed by atoms with E-state index in [1.54, 1.807) is 41.0 Å². The number of rotatable bonds is 5. The van der Waals surface area contributed by atoms with Gasteiger partial charge in [-0.3, -0.25) is 9.59 Å². The molecule has 1 amide bonds. The van der Waals surface area contributed by atoms with Crippen LogP contribution in [0.4, 0.5) is 4.39 Å². The van der Waals surface area contributed by atoms with Crippen LogP contribution in [0, 0.1) is 11.7 Å². The quantitative estimate of drug-likeness (QED) is 0.906. The van der Waals surface area contributed by atoms with Gasteiger partial charge in [0.1, 0.15) is 17.7 Å². The third kappa shape index (κ3) is 3.02. The van der Waals surface area contributed by atoms with E-state index in [-0.39, 0.29) is 18.1 Å². The summed E-state index contributed by atoms with van der Waals surface area (Å²) in [5.74, 6) is -1.76. The molecule has 1 aliphatic rings. The Labute approximate surface area is 138 Å². The number of amides is 1. The van der Waals surface area contributed by atoms with E-state index in [1.807, 2.05) is 0 Å². The predicted molar refractivity (Wildman–Crippen MR) is 83.5 cm³/mol. The van der Waals surface area contributed by atoms with E-state index in [4.69, 9.17) is 0 Å². The van der Waals surface area contributed by atoms with Gasteiger partial charge in [-0.05, 0) is 24.1 Å². The monoisotopic (exact) mass is 331 g/mol. The van der Waals surface area contributed by atoms with E-state index in [0.29, 0.717) is 18.8 Å². The second kappa shape index (κ2) is 6.43. The van der Waals surface area contributed by atoms with Crippen molar-refractivity contribution in [3.8, 4) is 0 Å². The fraction of sp³-hybridized carbons (Fsp3) is 0.353. The third-order valence-electron chi connectivity index (χ3n) is 4.43. The minimum absolute atomic E-state index is 0.0315. The summed E-state index contributed by atoms with van der Waals surface area (Å²) < 4.78 is 14.7. The molecule has 0 spiro atoms. The first kappa shape index (κ1) is 16.2. The van der Waals surface area contributed by atoms with Gasteiger partial charge in [0, 0.05) is 32.4 Å². The van der Waals surface area contributed by atoms with Gasteiger partial charge in [0.05, 0.1) is 5.92 Å². The molecule has 1 aliphatic heterocycles. The molecule has 6 nitrogen and oxygen atoms in total. The molecule has 126 valence electrons. The van der Waals surface area contributed by atoms with Gasteiger partial charge in [-0.1, -0.05) is 12.1 Å². The van der Waals surface area contributed by atoms with Crippen LogP contribution in [0.2, 0.25) is 0 Å². The van der Waals surface area contributed by atoms with Crippen molar-refractivity contribution in [2.75, 3.05) is 6.54 Å². The summed E-state index contributed by atoms with van der Waals surface area (Å²) in [5, 5.41) is 9.47. The van der Waals surface area contributed by atoms with Crippen LogP contribution in [-0.2, 0) is 23.1 Å². The molecule has 3 rings (SSSR count). The fourth-order valence-electron chi connectivity index (χ4n) is 3.16. The smallest absolute Gasteiger partial charge is 0.309 e. The first-order chi connectivity index (χ1) is 11.5. The highest BCUT2D eigenvalue weighted by molar-refractivity contribution is 5.87. The van der Waals surface area contributed by atoms with E-state index in [2.05, 4.69) is 4.98 Å². The number of carbonyl (C=O) groups is 2. The lowest BCUT2D eigenvalue weighted by atomic mass is 9.99. The van der Waals surface area contributed by atoms with Crippen LogP contribution in [0.15, 0.2) is 36.7 Å². The molecule has 1 aromatic carbocycles. The molecule has 1 saturated heterocycles. The van der Waals surface area contributed by atoms with Gasteiger partial charge < -0.3 is 14.6 Å². The van der Waals surface area contributed by atoms with Crippen LogP contribution >= 0.6 is 0 Å². The number of likely N-dealkylation sites (tertiary alicyclic amines) is 1. The fourth-order valence-corrected chi connectivity index (χ4v) is 3.16. The Morgan fingerprint density at radius 1 is 1.38 bits per heavy atom. The number of carboxylic acids is 1. The van der Waals surface area contributed by atoms with E-state index in [0.717, 1.165) is 5.56 Å². The summed E-state index contributed by atoms with van der Waals surface area (Å²) >= 11 is 0. The van der Waals surface area contributed by atoms with Crippen molar-refractivity contribution in [1.29, 1.82) is 0 Å². The molecule has 0 bridgehead atoms. The molecule has 2 heterocycles. The summed E-state index contributed by atoms with van der Waals surface area (Å²) in [4.78, 5) is 29.7. The number of aromatic nitrogens is 2. The second-order valence-electron chi connectivity index (χ2n) is 5.95. The summed E-state index contributed by atoms with van der Waals surface area (Å²) in [7, 11) is 1.78. The number of nitrogens with zero attached hydrogens (tertiary/aromatic N) is 3. The highest BCUT2D eigenvalue weighted by Crippen LogP contribution is 2.37. The first-order valence-electron chi connectivity index (χ1n) is 7.71. The number of carbonyl (C=O) groups excluding carboxylic acids is 1. The molecule has 24 heavy (non-hydrogen) atoms. The minimum atomic E-state index is -0.999. The van der Waals surface area contributed by atoms with Crippen molar-refractivity contribution < 1.29 is 19.1 Å². The number of carboxylic acid groups (broad SMARTS) is 1. The van der Waals surface area contributed by atoms with Crippen molar-refractivity contribution in [2.24, 2.45) is 13.0 Å².